The second-order valence-corrected chi connectivity index (χ2v) is 5.10. The molecule has 0 saturated carbocycles. The monoisotopic (exact) mass is 267 g/mol. The van der Waals surface area contributed by atoms with E-state index in [1.807, 2.05) is 0 Å². The van der Waals surface area contributed by atoms with E-state index in [-0.39, 0.29) is 11.9 Å². The first-order valence-corrected chi connectivity index (χ1v) is 7.40. The van der Waals surface area contributed by atoms with E-state index in [1.54, 1.807) is 12.1 Å². The van der Waals surface area contributed by atoms with Crippen LogP contribution in [0.4, 0.5) is 10.1 Å². The van der Waals surface area contributed by atoms with Gasteiger partial charge in [0.15, 0.2) is 0 Å². The Bertz CT molecular complexity index is 326. The molecule has 1 aromatic rings. The Morgan fingerprint density at radius 3 is 2.37 bits per heavy atom. The third kappa shape index (κ3) is 7.83. The largest absolute Gasteiger partial charge is 0.391 e. The molecule has 0 fully saturated rings. The summed E-state index contributed by atoms with van der Waals surface area (Å²) in [5.74, 6) is -0.238. The van der Waals surface area contributed by atoms with Gasteiger partial charge in [0.1, 0.15) is 5.82 Å². The van der Waals surface area contributed by atoms with E-state index in [9.17, 15) is 9.50 Å². The second kappa shape index (κ2) is 9.79. The average molecular weight is 267 g/mol. The molecule has 0 bridgehead atoms. The van der Waals surface area contributed by atoms with Crippen LogP contribution in [-0.4, -0.2) is 17.8 Å². The minimum atomic E-state index is -0.323. The second-order valence-electron chi connectivity index (χ2n) is 5.10. The van der Waals surface area contributed by atoms with Crippen molar-refractivity contribution in [1.29, 1.82) is 0 Å². The summed E-state index contributed by atoms with van der Waals surface area (Å²) < 4.78 is 12.7. The highest BCUT2D eigenvalue weighted by atomic mass is 19.1. The van der Waals surface area contributed by atoms with Gasteiger partial charge in [-0.1, -0.05) is 45.4 Å². The van der Waals surface area contributed by atoms with Crippen LogP contribution < -0.4 is 5.32 Å². The summed E-state index contributed by atoms with van der Waals surface area (Å²) in [6.45, 7) is 2.74. The zero-order valence-electron chi connectivity index (χ0n) is 11.9. The minimum Gasteiger partial charge on any atom is -0.391 e. The SMILES string of the molecule is CCCCCCCCC(O)CNc1ccc(F)cc1. The van der Waals surface area contributed by atoms with Gasteiger partial charge in [-0.2, -0.15) is 0 Å². The normalized spacial score (nSPS) is 12.4. The highest BCUT2D eigenvalue weighted by molar-refractivity contribution is 5.42. The Balaban J connectivity index is 2.04. The molecular formula is C16H26FNO. The fraction of sp³-hybridized carbons (Fsp3) is 0.625. The molecule has 0 saturated heterocycles. The fourth-order valence-electron chi connectivity index (χ4n) is 2.07. The van der Waals surface area contributed by atoms with Gasteiger partial charge in [-0.15, -0.1) is 0 Å². The quantitative estimate of drug-likeness (QED) is 0.618. The van der Waals surface area contributed by atoms with Crippen LogP contribution in [0, 0.1) is 5.82 Å². The van der Waals surface area contributed by atoms with E-state index in [4.69, 9.17) is 0 Å². The standard InChI is InChI=1S/C16H26FNO/c1-2-3-4-5-6-7-8-16(19)13-18-15-11-9-14(17)10-12-15/h9-12,16,18-19H,2-8,13H2,1H3. The number of aliphatic hydroxyl groups is 1. The van der Waals surface area contributed by atoms with Crippen LogP contribution in [0.25, 0.3) is 0 Å². The molecule has 0 aromatic heterocycles. The summed E-state index contributed by atoms with van der Waals surface area (Å²) >= 11 is 0. The van der Waals surface area contributed by atoms with Crippen LogP contribution >= 0.6 is 0 Å². The zero-order valence-corrected chi connectivity index (χ0v) is 11.9. The smallest absolute Gasteiger partial charge is 0.123 e. The lowest BCUT2D eigenvalue weighted by atomic mass is 10.1. The van der Waals surface area contributed by atoms with Gasteiger partial charge in [0, 0.05) is 12.2 Å². The van der Waals surface area contributed by atoms with Crippen molar-refractivity contribution >= 4 is 5.69 Å². The molecule has 0 aliphatic rings. The molecule has 0 amide bonds. The number of rotatable bonds is 10. The lowest BCUT2D eigenvalue weighted by molar-refractivity contribution is 0.173. The Morgan fingerprint density at radius 2 is 1.68 bits per heavy atom. The van der Waals surface area contributed by atoms with E-state index in [1.165, 1.54) is 44.2 Å². The van der Waals surface area contributed by atoms with E-state index >= 15 is 0 Å². The number of aliphatic hydroxyl groups excluding tert-OH is 1. The van der Waals surface area contributed by atoms with E-state index in [2.05, 4.69) is 12.2 Å². The molecule has 19 heavy (non-hydrogen) atoms. The third-order valence-electron chi connectivity index (χ3n) is 3.28. The summed E-state index contributed by atoms with van der Waals surface area (Å²) in [6.07, 6.45) is 7.95. The number of hydrogen-bond donors (Lipinski definition) is 2. The molecule has 1 unspecified atom stereocenters. The summed E-state index contributed by atoms with van der Waals surface area (Å²) in [5, 5.41) is 12.9. The van der Waals surface area contributed by atoms with Gasteiger partial charge in [0.25, 0.3) is 0 Å². The summed E-state index contributed by atoms with van der Waals surface area (Å²) in [6, 6.07) is 6.21. The van der Waals surface area contributed by atoms with Crippen LogP contribution in [-0.2, 0) is 0 Å². The lowest BCUT2D eigenvalue weighted by Crippen LogP contribution is -2.19. The highest BCUT2D eigenvalue weighted by Crippen LogP contribution is 2.11. The molecule has 0 heterocycles. The van der Waals surface area contributed by atoms with Crippen molar-refractivity contribution in [2.45, 2.75) is 58.0 Å². The first-order valence-electron chi connectivity index (χ1n) is 7.40. The first-order chi connectivity index (χ1) is 9.22. The van der Waals surface area contributed by atoms with Crippen LogP contribution in [0.5, 0.6) is 0 Å². The van der Waals surface area contributed by atoms with Crippen LogP contribution in [0.1, 0.15) is 51.9 Å². The molecule has 0 spiro atoms. The summed E-state index contributed by atoms with van der Waals surface area (Å²) in [5.41, 5.74) is 0.850. The highest BCUT2D eigenvalue weighted by Gasteiger charge is 2.03. The van der Waals surface area contributed by atoms with Crippen molar-refractivity contribution in [3.05, 3.63) is 30.1 Å². The average Bonchev–Trinajstić information content (AvgIpc) is 2.42. The molecule has 0 aliphatic carbocycles. The summed E-state index contributed by atoms with van der Waals surface area (Å²) in [4.78, 5) is 0. The Morgan fingerprint density at radius 1 is 1.05 bits per heavy atom. The maximum atomic E-state index is 12.7. The molecule has 3 heteroatoms. The van der Waals surface area contributed by atoms with Gasteiger partial charge in [0.05, 0.1) is 6.10 Å². The number of hydrogen-bond acceptors (Lipinski definition) is 2. The maximum Gasteiger partial charge on any atom is 0.123 e. The van der Waals surface area contributed by atoms with Crippen LogP contribution in [0.3, 0.4) is 0 Å². The number of benzene rings is 1. The predicted molar refractivity (Wildman–Crippen MR) is 78.9 cm³/mol. The number of halogens is 1. The molecule has 2 nitrogen and oxygen atoms in total. The van der Waals surface area contributed by atoms with Crippen LogP contribution in [0.15, 0.2) is 24.3 Å². The minimum absolute atomic E-state index is 0.238. The van der Waals surface area contributed by atoms with Crippen molar-refractivity contribution in [2.75, 3.05) is 11.9 Å². The van der Waals surface area contributed by atoms with Gasteiger partial charge >= 0.3 is 0 Å². The van der Waals surface area contributed by atoms with Gasteiger partial charge in [-0.05, 0) is 30.7 Å². The molecule has 1 aromatic carbocycles. The molecule has 1 rings (SSSR count). The van der Waals surface area contributed by atoms with Gasteiger partial charge in [-0.3, -0.25) is 0 Å². The number of nitrogens with one attached hydrogen (secondary N) is 1. The first kappa shape index (κ1) is 16.0. The Kier molecular flexibility index (Phi) is 8.23. The van der Waals surface area contributed by atoms with E-state index in [0.717, 1.165) is 18.5 Å². The Hall–Kier alpha value is -1.09. The van der Waals surface area contributed by atoms with Crippen molar-refractivity contribution in [2.24, 2.45) is 0 Å². The fourth-order valence-corrected chi connectivity index (χ4v) is 2.07. The molecule has 1 atom stereocenters. The lowest BCUT2D eigenvalue weighted by Gasteiger charge is -2.12. The molecular weight excluding hydrogens is 241 g/mol. The van der Waals surface area contributed by atoms with Crippen molar-refractivity contribution in [3.63, 3.8) is 0 Å². The van der Waals surface area contributed by atoms with E-state index < -0.39 is 0 Å². The zero-order chi connectivity index (χ0) is 13.9. The molecule has 2 N–H and O–H groups in total. The van der Waals surface area contributed by atoms with Crippen molar-refractivity contribution < 1.29 is 9.50 Å². The van der Waals surface area contributed by atoms with Crippen LogP contribution in [0.2, 0.25) is 0 Å². The van der Waals surface area contributed by atoms with Crippen molar-refractivity contribution in [1.82, 2.24) is 0 Å². The van der Waals surface area contributed by atoms with E-state index in [0.29, 0.717) is 6.54 Å². The topological polar surface area (TPSA) is 32.3 Å². The van der Waals surface area contributed by atoms with Gasteiger partial charge in [0.2, 0.25) is 0 Å². The van der Waals surface area contributed by atoms with Crippen molar-refractivity contribution in [3.8, 4) is 0 Å². The number of unbranched alkanes of at least 4 members (excludes halogenated alkanes) is 5. The number of anilines is 1. The van der Waals surface area contributed by atoms with Gasteiger partial charge in [-0.25, -0.2) is 4.39 Å². The Labute approximate surface area is 116 Å². The molecule has 0 aliphatic heterocycles. The predicted octanol–water partition coefficient (Wildman–Crippen LogP) is 4.35. The maximum absolute atomic E-state index is 12.7. The third-order valence-corrected chi connectivity index (χ3v) is 3.28. The molecule has 0 radical (unpaired) electrons. The van der Waals surface area contributed by atoms with Gasteiger partial charge < -0.3 is 10.4 Å². The summed E-state index contributed by atoms with van der Waals surface area (Å²) in [7, 11) is 0. The molecule has 108 valence electrons.